The van der Waals surface area contributed by atoms with Crippen LogP contribution in [-0.2, 0) is 11.3 Å². The summed E-state index contributed by atoms with van der Waals surface area (Å²) in [5.74, 6) is 1.01. The number of rotatable bonds is 5. The van der Waals surface area contributed by atoms with Gasteiger partial charge < -0.3 is 10.1 Å². The number of pyridine rings is 1. The monoisotopic (exact) mass is 424 g/mol. The topological polar surface area (TPSA) is 68.0 Å². The smallest absolute Gasteiger partial charge is 0.210 e. The minimum absolute atomic E-state index is 0.117. The Labute approximate surface area is 186 Å². The summed E-state index contributed by atoms with van der Waals surface area (Å²) in [5, 5.41) is 3.32. The summed E-state index contributed by atoms with van der Waals surface area (Å²) in [6, 6.07) is 23.0. The Morgan fingerprint density at radius 2 is 1.78 bits per heavy atom. The standard InChI is InChI=1S/C26H24N4O2/c1-17-11-13-20(14-12-17)25-28-22(18(2)32-16-19-8-4-3-5-9-19)24(31)23-26(29-25)27-21-10-6-7-15-30(21)23/h3-15,18,22H,16H2,1-2H3,(H,28,29)/t18-,22+/m1/s1. The van der Waals surface area contributed by atoms with Gasteiger partial charge in [0, 0.05) is 11.8 Å². The van der Waals surface area contributed by atoms with Crippen LogP contribution in [0.5, 0.6) is 0 Å². The number of carbonyl (C=O) groups is 1. The van der Waals surface area contributed by atoms with Crippen molar-refractivity contribution >= 4 is 23.1 Å². The Morgan fingerprint density at radius 3 is 2.56 bits per heavy atom. The predicted octanol–water partition coefficient (Wildman–Crippen LogP) is 4.67. The zero-order chi connectivity index (χ0) is 22.1. The molecule has 2 aromatic carbocycles. The molecule has 2 aromatic heterocycles. The second-order valence-corrected chi connectivity index (χ2v) is 8.02. The number of carbonyl (C=O) groups excluding carboxylic acids is 1. The zero-order valence-corrected chi connectivity index (χ0v) is 18.0. The highest BCUT2D eigenvalue weighted by atomic mass is 16.5. The van der Waals surface area contributed by atoms with Crippen LogP contribution in [0.3, 0.4) is 0 Å². The van der Waals surface area contributed by atoms with Crippen LogP contribution in [0.25, 0.3) is 5.65 Å². The molecule has 1 aliphatic rings. The minimum atomic E-state index is -0.705. The molecular weight excluding hydrogens is 400 g/mol. The van der Waals surface area contributed by atoms with E-state index < -0.39 is 12.1 Å². The summed E-state index contributed by atoms with van der Waals surface area (Å²) in [7, 11) is 0. The van der Waals surface area contributed by atoms with Gasteiger partial charge in [-0.15, -0.1) is 0 Å². The molecule has 0 fully saturated rings. The number of benzene rings is 2. The van der Waals surface area contributed by atoms with E-state index in [0.717, 1.165) is 16.7 Å². The Hall–Kier alpha value is -3.77. The molecule has 5 rings (SSSR count). The molecule has 0 bridgehead atoms. The molecule has 0 radical (unpaired) electrons. The number of aliphatic imine (C=N–C) groups is 1. The minimum Gasteiger partial charge on any atom is -0.371 e. The molecule has 3 heterocycles. The van der Waals surface area contributed by atoms with Crippen LogP contribution in [0.2, 0.25) is 0 Å². The Kier molecular flexibility index (Phi) is 5.29. The van der Waals surface area contributed by atoms with Crippen molar-refractivity contribution in [3.8, 4) is 0 Å². The first-order valence-electron chi connectivity index (χ1n) is 10.7. The lowest BCUT2D eigenvalue weighted by atomic mass is 10.1. The first-order chi connectivity index (χ1) is 15.6. The summed E-state index contributed by atoms with van der Waals surface area (Å²) >= 11 is 0. The van der Waals surface area contributed by atoms with Gasteiger partial charge in [-0.2, -0.15) is 0 Å². The van der Waals surface area contributed by atoms with Gasteiger partial charge in [-0.1, -0.05) is 66.2 Å². The summed E-state index contributed by atoms with van der Waals surface area (Å²) < 4.78 is 7.93. The fourth-order valence-electron chi connectivity index (χ4n) is 3.87. The van der Waals surface area contributed by atoms with Crippen LogP contribution in [-0.4, -0.2) is 33.1 Å². The molecule has 6 heteroatoms. The lowest BCUT2D eigenvalue weighted by Gasteiger charge is -2.20. The number of amidine groups is 1. The number of ether oxygens (including phenoxy) is 1. The number of Topliss-reactive ketones (excluding diaryl/α,β-unsaturated/α-hetero) is 1. The van der Waals surface area contributed by atoms with E-state index in [9.17, 15) is 4.79 Å². The molecule has 4 aromatic rings. The van der Waals surface area contributed by atoms with Crippen molar-refractivity contribution in [1.82, 2.24) is 9.38 Å². The van der Waals surface area contributed by atoms with Crippen molar-refractivity contribution in [2.45, 2.75) is 32.6 Å². The number of nitrogens with one attached hydrogen (secondary N) is 1. The highest BCUT2D eigenvalue weighted by Gasteiger charge is 2.34. The van der Waals surface area contributed by atoms with Crippen LogP contribution in [0.4, 0.5) is 5.82 Å². The van der Waals surface area contributed by atoms with Crippen LogP contribution >= 0.6 is 0 Å². The third-order valence-corrected chi connectivity index (χ3v) is 5.66. The van der Waals surface area contributed by atoms with E-state index in [2.05, 4.69) is 10.3 Å². The van der Waals surface area contributed by atoms with E-state index in [-0.39, 0.29) is 5.78 Å². The van der Waals surface area contributed by atoms with Gasteiger partial charge in [0.2, 0.25) is 5.78 Å². The van der Waals surface area contributed by atoms with Crippen LogP contribution < -0.4 is 5.32 Å². The van der Waals surface area contributed by atoms with E-state index in [1.165, 1.54) is 0 Å². The second kappa shape index (κ2) is 8.40. The van der Waals surface area contributed by atoms with Crippen LogP contribution in [0, 0.1) is 6.92 Å². The Morgan fingerprint density at radius 1 is 1.03 bits per heavy atom. The van der Waals surface area contributed by atoms with Gasteiger partial charge in [0.05, 0.1) is 12.7 Å². The number of hydrogen-bond acceptors (Lipinski definition) is 5. The number of imidazole rings is 1. The first-order valence-corrected chi connectivity index (χ1v) is 10.7. The number of anilines is 1. The summed E-state index contributed by atoms with van der Waals surface area (Å²) in [4.78, 5) is 23.2. The number of aromatic nitrogens is 2. The highest BCUT2D eigenvalue weighted by molar-refractivity contribution is 6.16. The van der Waals surface area contributed by atoms with Crippen molar-refractivity contribution in [2.24, 2.45) is 4.99 Å². The molecule has 32 heavy (non-hydrogen) atoms. The number of ketones is 1. The first kappa shape index (κ1) is 20.2. The van der Waals surface area contributed by atoms with Gasteiger partial charge in [0.15, 0.2) is 5.82 Å². The van der Waals surface area contributed by atoms with Gasteiger partial charge in [0.25, 0.3) is 0 Å². The lowest BCUT2D eigenvalue weighted by Crippen LogP contribution is -2.33. The number of nitrogens with zero attached hydrogens (tertiary/aromatic N) is 3. The largest absolute Gasteiger partial charge is 0.371 e. The maximum absolute atomic E-state index is 13.7. The molecule has 2 atom stereocenters. The quantitative estimate of drug-likeness (QED) is 0.505. The van der Waals surface area contributed by atoms with Crippen molar-refractivity contribution in [3.63, 3.8) is 0 Å². The maximum atomic E-state index is 13.7. The molecule has 0 amide bonds. The zero-order valence-electron chi connectivity index (χ0n) is 18.0. The predicted molar refractivity (Wildman–Crippen MR) is 125 cm³/mol. The van der Waals surface area contributed by atoms with Gasteiger partial charge in [-0.3, -0.25) is 14.2 Å². The van der Waals surface area contributed by atoms with E-state index >= 15 is 0 Å². The number of fused-ring (bicyclic) bond motifs is 3. The molecule has 0 unspecified atom stereocenters. The third-order valence-electron chi connectivity index (χ3n) is 5.66. The van der Waals surface area contributed by atoms with E-state index in [4.69, 9.17) is 9.73 Å². The highest BCUT2D eigenvalue weighted by Crippen LogP contribution is 2.26. The van der Waals surface area contributed by atoms with Crippen LogP contribution in [0.1, 0.15) is 34.1 Å². The summed E-state index contributed by atoms with van der Waals surface area (Å²) in [6.07, 6.45) is 1.43. The van der Waals surface area contributed by atoms with Crippen molar-refractivity contribution in [1.29, 1.82) is 0 Å². The molecular formula is C26H24N4O2. The van der Waals surface area contributed by atoms with Crippen molar-refractivity contribution in [2.75, 3.05) is 5.32 Å². The fourth-order valence-corrected chi connectivity index (χ4v) is 3.87. The molecule has 0 spiro atoms. The summed E-state index contributed by atoms with van der Waals surface area (Å²) in [5.41, 5.74) is 4.31. The van der Waals surface area contributed by atoms with Gasteiger partial charge in [-0.05, 0) is 31.5 Å². The lowest BCUT2D eigenvalue weighted by molar-refractivity contribution is 0.0347. The van der Waals surface area contributed by atoms with Gasteiger partial charge in [-0.25, -0.2) is 4.98 Å². The molecule has 1 aliphatic heterocycles. The van der Waals surface area contributed by atoms with Crippen molar-refractivity contribution in [3.05, 3.63) is 101 Å². The van der Waals surface area contributed by atoms with Crippen LogP contribution in [0.15, 0.2) is 84.0 Å². The number of hydrogen-bond donors (Lipinski definition) is 1. The Balaban J connectivity index is 1.55. The van der Waals surface area contributed by atoms with E-state index in [1.807, 2.05) is 97.2 Å². The molecule has 0 saturated heterocycles. The number of aryl methyl sites for hydroxylation is 1. The van der Waals surface area contributed by atoms with Gasteiger partial charge >= 0.3 is 0 Å². The summed E-state index contributed by atoms with van der Waals surface area (Å²) in [6.45, 7) is 4.35. The molecule has 1 N–H and O–H groups in total. The molecule has 0 saturated carbocycles. The average Bonchev–Trinajstić information content (AvgIpc) is 3.12. The van der Waals surface area contributed by atoms with E-state index in [0.29, 0.717) is 29.6 Å². The molecule has 160 valence electrons. The molecule has 6 nitrogen and oxygen atoms in total. The Bertz CT molecular complexity index is 1290. The van der Waals surface area contributed by atoms with Gasteiger partial charge in [0.1, 0.15) is 23.2 Å². The average molecular weight is 425 g/mol. The molecule has 0 aliphatic carbocycles. The van der Waals surface area contributed by atoms with E-state index in [1.54, 1.807) is 0 Å². The SMILES string of the molecule is Cc1ccc(C2=N[C@@H]([C@@H](C)OCc3ccccc3)C(=O)c3c(nc4ccccn34)N2)cc1. The third kappa shape index (κ3) is 3.81. The normalized spacial score (nSPS) is 16.8. The maximum Gasteiger partial charge on any atom is 0.210 e. The van der Waals surface area contributed by atoms with Crippen molar-refractivity contribution < 1.29 is 9.53 Å². The fraction of sp³-hybridized carbons (Fsp3) is 0.192. The second-order valence-electron chi connectivity index (χ2n) is 8.02.